The summed E-state index contributed by atoms with van der Waals surface area (Å²) >= 11 is 0. The van der Waals surface area contributed by atoms with Crippen LogP contribution in [0.3, 0.4) is 0 Å². The fraction of sp³-hybridized carbons (Fsp3) is 0.500. The number of nitrogens with zero attached hydrogens (tertiary/aromatic N) is 2. The van der Waals surface area contributed by atoms with Gasteiger partial charge in [0.1, 0.15) is 5.82 Å². The summed E-state index contributed by atoms with van der Waals surface area (Å²) < 4.78 is 31.4. The zero-order valence-corrected chi connectivity index (χ0v) is 11.5. The molecule has 0 fully saturated rings. The van der Waals surface area contributed by atoms with Gasteiger partial charge in [0, 0.05) is 27.7 Å². The Hall–Kier alpha value is -1.38. The van der Waals surface area contributed by atoms with E-state index in [1.54, 1.807) is 25.4 Å². The van der Waals surface area contributed by atoms with Gasteiger partial charge in [0.05, 0.1) is 18.5 Å². The van der Waals surface area contributed by atoms with Crippen molar-refractivity contribution in [3.8, 4) is 0 Å². The number of nitrogens with one attached hydrogen (secondary N) is 2. The zero-order chi connectivity index (χ0) is 13.6. The Kier molecular flexibility index (Phi) is 5.32. The number of pyridine rings is 1. The van der Waals surface area contributed by atoms with Crippen LogP contribution < -0.4 is 10.0 Å². The summed E-state index contributed by atoms with van der Waals surface area (Å²) in [7, 11) is 1.01. The largest absolute Gasteiger partial charge is 0.383 e. The first-order chi connectivity index (χ1) is 8.45. The lowest BCUT2D eigenvalue weighted by Crippen LogP contribution is -2.29. The van der Waals surface area contributed by atoms with Gasteiger partial charge >= 0.3 is 10.2 Å². The van der Waals surface area contributed by atoms with Gasteiger partial charge in [0.2, 0.25) is 0 Å². The second kappa shape index (κ2) is 6.53. The standard InChI is InChI=1S/C10H18N4O3S/c1-14(2)18(15,16)13-10-5-4-9(8-12-10)11-6-7-17-3/h4-5,8,11H,6-7H2,1-3H3,(H,12,13). The molecule has 0 spiro atoms. The number of methoxy groups -OCH3 is 1. The second-order valence-electron chi connectivity index (χ2n) is 3.74. The maximum Gasteiger partial charge on any atom is 0.302 e. The molecule has 0 amide bonds. The molecule has 0 atom stereocenters. The SMILES string of the molecule is COCCNc1ccc(NS(=O)(=O)N(C)C)nc1. The smallest absolute Gasteiger partial charge is 0.302 e. The van der Waals surface area contributed by atoms with Gasteiger partial charge in [-0.2, -0.15) is 12.7 Å². The highest BCUT2D eigenvalue weighted by Gasteiger charge is 2.13. The van der Waals surface area contributed by atoms with Crippen LogP contribution in [-0.4, -0.2) is 52.1 Å². The van der Waals surface area contributed by atoms with Crippen LogP contribution in [0.1, 0.15) is 0 Å². The third-order valence-corrected chi connectivity index (χ3v) is 3.54. The number of hydrogen-bond acceptors (Lipinski definition) is 5. The van der Waals surface area contributed by atoms with Crippen LogP contribution >= 0.6 is 0 Å². The van der Waals surface area contributed by atoms with Crippen molar-refractivity contribution >= 4 is 21.7 Å². The average molecular weight is 274 g/mol. The van der Waals surface area contributed by atoms with Gasteiger partial charge in [-0.1, -0.05) is 0 Å². The fourth-order valence-corrected chi connectivity index (χ4v) is 1.65. The molecule has 7 nitrogen and oxygen atoms in total. The predicted molar refractivity (Wildman–Crippen MR) is 70.8 cm³/mol. The van der Waals surface area contributed by atoms with E-state index in [0.717, 1.165) is 9.99 Å². The third-order valence-electron chi connectivity index (χ3n) is 2.11. The fourth-order valence-electron chi connectivity index (χ4n) is 1.08. The van der Waals surface area contributed by atoms with Crippen molar-refractivity contribution in [1.29, 1.82) is 0 Å². The summed E-state index contributed by atoms with van der Waals surface area (Å²) in [5.74, 6) is 0.279. The van der Waals surface area contributed by atoms with Gasteiger partial charge < -0.3 is 10.1 Å². The molecule has 0 saturated heterocycles. The molecule has 0 saturated carbocycles. The number of aromatic nitrogens is 1. The summed E-state index contributed by atoms with van der Waals surface area (Å²) in [6, 6.07) is 3.34. The molecule has 0 radical (unpaired) electrons. The van der Waals surface area contributed by atoms with Gasteiger partial charge in [0.25, 0.3) is 0 Å². The first-order valence-corrected chi connectivity index (χ1v) is 6.79. The Bertz CT molecular complexity index is 459. The molecule has 2 N–H and O–H groups in total. The summed E-state index contributed by atoms with van der Waals surface area (Å²) in [5.41, 5.74) is 0.805. The van der Waals surface area contributed by atoms with Crippen LogP contribution in [0, 0.1) is 0 Å². The normalized spacial score (nSPS) is 11.6. The van der Waals surface area contributed by atoms with Crippen LogP contribution in [-0.2, 0) is 14.9 Å². The zero-order valence-electron chi connectivity index (χ0n) is 10.7. The number of anilines is 2. The Morgan fingerprint density at radius 3 is 2.61 bits per heavy atom. The lowest BCUT2D eigenvalue weighted by molar-refractivity contribution is 0.211. The summed E-state index contributed by atoms with van der Waals surface area (Å²) in [6.45, 7) is 1.26. The van der Waals surface area contributed by atoms with Gasteiger partial charge in [-0.15, -0.1) is 0 Å². The Morgan fingerprint density at radius 1 is 1.39 bits per heavy atom. The lowest BCUT2D eigenvalue weighted by atomic mass is 10.4. The van der Waals surface area contributed by atoms with Crippen LogP contribution in [0.15, 0.2) is 18.3 Å². The minimum Gasteiger partial charge on any atom is -0.383 e. The Balaban J connectivity index is 2.61. The molecule has 0 bridgehead atoms. The molecule has 1 heterocycles. The molecule has 0 aliphatic rings. The maximum absolute atomic E-state index is 11.5. The molecule has 18 heavy (non-hydrogen) atoms. The highest BCUT2D eigenvalue weighted by atomic mass is 32.2. The predicted octanol–water partition coefficient (Wildman–Crippen LogP) is 0.358. The molecule has 0 aliphatic heterocycles. The van der Waals surface area contributed by atoms with Crippen molar-refractivity contribution in [3.05, 3.63) is 18.3 Å². The van der Waals surface area contributed by atoms with Crippen molar-refractivity contribution in [2.45, 2.75) is 0 Å². The van der Waals surface area contributed by atoms with Crippen molar-refractivity contribution in [2.75, 3.05) is 44.4 Å². The molecule has 1 aromatic heterocycles. The average Bonchev–Trinajstić information content (AvgIpc) is 2.31. The van der Waals surface area contributed by atoms with Crippen LogP contribution in [0.2, 0.25) is 0 Å². The molecule has 0 aromatic carbocycles. The minimum absolute atomic E-state index is 0.279. The molecule has 1 aromatic rings. The minimum atomic E-state index is -3.50. The van der Waals surface area contributed by atoms with E-state index in [1.807, 2.05) is 0 Å². The molecule has 0 unspecified atom stereocenters. The van der Waals surface area contributed by atoms with E-state index in [9.17, 15) is 8.42 Å². The van der Waals surface area contributed by atoms with Crippen LogP contribution in [0.25, 0.3) is 0 Å². The molecule has 102 valence electrons. The van der Waals surface area contributed by atoms with E-state index in [1.165, 1.54) is 14.1 Å². The monoisotopic (exact) mass is 274 g/mol. The maximum atomic E-state index is 11.5. The number of hydrogen-bond donors (Lipinski definition) is 2. The van der Waals surface area contributed by atoms with E-state index in [-0.39, 0.29) is 5.82 Å². The molecule has 1 rings (SSSR count). The number of rotatable bonds is 7. The van der Waals surface area contributed by atoms with E-state index in [0.29, 0.717) is 13.2 Å². The summed E-state index contributed by atoms with van der Waals surface area (Å²) in [4.78, 5) is 4.00. The first-order valence-electron chi connectivity index (χ1n) is 5.35. The van der Waals surface area contributed by atoms with Gasteiger partial charge in [-0.05, 0) is 12.1 Å². The van der Waals surface area contributed by atoms with Crippen molar-refractivity contribution in [2.24, 2.45) is 0 Å². The van der Waals surface area contributed by atoms with Gasteiger partial charge in [-0.25, -0.2) is 4.98 Å². The second-order valence-corrected chi connectivity index (χ2v) is 5.63. The summed E-state index contributed by atoms with van der Waals surface area (Å²) in [5, 5.41) is 3.08. The lowest BCUT2D eigenvalue weighted by Gasteiger charge is -2.13. The van der Waals surface area contributed by atoms with Crippen molar-refractivity contribution < 1.29 is 13.2 Å². The highest BCUT2D eigenvalue weighted by molar-refractivity contribution is 7.90. The van der Waals surface area contributed by atoms with Gasteiger partial charge in [-0.3, -0.25) is 4.72 Å². The van der Waals surface area contributed by atoms with Crippen molar-refractivity contribution in [3.63, 3.8) is 0 Å². The topological polar surface area (TPSA) is 83.6 Å². The molecular weight excluding hydrogens is 256 g/mol. The van der Waals surface area contributed by atoms with E-state index in [2.05, 4.69) is 15.0 Å². The first kappa shape index (κ1) is 14.7. The summed E-state index contributed by atoms with van der Waals surface area (Å²) in [6.07, 6.45) is 1.56. The van der Waals surface area contributed by atoms with E-state index >= 15 is 0 Å². The van der Waals surface area contributed by atoms with Crippen LogP contribution in [0.4, 0.5) is 11.5 Å². The quantitative estimate of drug-likeness (QED) is 0.701. The van der Waals surface area contributed by atoms with Gasteiger partial charge in [0.15, 0.2) is 0 Å². The van der Waals surface area contributed by atoms with E-state index < -0.39 is 10.2 Å². The molecule has 0 aliphatic carbocycles. The van der Waals surface area contributed by atoms with Crippen LogP contribution in [0.5, 0.6) is 0 Å². The number of ether oxygens (including phenoxy) is 1. The Labute approximate surface area is 107 Å². The van der Waals surface area contributed by atoms with Crippen molar-refractivity contribution in [1.82, 2.24) is 9.29 Å². The molecular formula is C10H18N4O3S. The highest BCUT2D eigenvalue weighted by Crippen LogP contribution is 2.11. The molecule has 8 heteroatoms. The third kappa shape index (κ3) is 4.47. The van der Waals surface area contributed by atoms with E-state index in [4.69, 9.17) is 4.74 Å². The Morgan fingerprint density at radius 2 is 2.11 bits per heavy atom.